The Morgan fingerprint density at radius 2 is 1.94 bits per heavy atom. The molecule has 100 valence electrons. The van der Waals surface area contributed by atoms with Gasteiger partial charge in [-0.05, 0) is 28.9 Å². The second-order valence-electron chi connectivity index (χ2n) is 4.90. The molecule has 0 saturated carbocycles. The Morgan fingerprint density at radius 1 is 1.28 bits per heavy atom. The number of carbonyl (C=O) groups excluding carboxylic acids is 1. The Bertz CT molecular complexity index is 411. The highest BCUT2D eigenvalue weighted by Crippen LogP contribution is 2.26. The van der Waals surface area contributed by atoms with E-state index in [1.54, 1.807) is 18.9 Å². The van der Waals surface area contributed by atoms with E-state index in [2.05, 4.69) is 27.7 Å². The number of thioether (sulfide) groups is 1. The second kappa shape index (κ2) is 6.83. The van der Waals surface area contributed by atoms with Crippen LogP contribution >= 0.6 is 11.8 Å². The number of benzene rings is 1. The van der Waals surface area contributed by atoms with Crippen molar-refractivity contribution in [3.8, 4) is 5.75 Å². The van der Waals surface area contributed by atoms with Gasteiger partial charge in [-0.1, -0.05) is 33.8 Å². The molecule has 3 heteroatoms. The molecule has 0 saturated heterocycles. The third-order valence-corrected chi connectivity index (χ3v) is 3.83. The first-order chi connectivity index (χ1) is 8.45. The minimum atomic E-state index is 0.146. The molecule has 0 fully saturated rings. The van der Waals surface area contributed by atoms with Gasteiger partial charge in [-0.2, -0.15) is 11.8 Å². The van der Waals surface area contributed by atoms with Crippen LogP contribution in [0.1, 0.15) is 49.5 Å². The van der Waals surface area contributed by atoms with Gasteiger partial charge in [0.2, 0.25) is 0 Å². The van der Waals surface area contributed by atoms with Gasteiger partial charge in [-0.3, -0.25) is 4.79 Å². The molecule has 0 aliphatic rings. The van der Waals surface area contributed by atoms with Crippen molar-refractivity contribution < 1.29 is 9.53 Å². The van der Waals surface area contributed by atoms with E-state index in [0.717, 1.165) is 0 Å². The molecular formula is C15H22O2S. The van der Waals surface area contributed by atoms with Crippen LogP contribution in [0.3, 0.4) is 0 Å². The molecule has 0 heterocycles. The summed E-state index contributed by atoms with van der Waals surface area (Å²) in [5.41, 5.74) is 1.88. The third-order valence-electron chi connectivity index (χ3n) is 2.74. The number of carbonyl (C=O) groups is 1. The lowest BCUT2D eigenvalue weighted by atomic mass is 9.99. The van der Waals surface area contributed by atoms with Gasteiger partial charge in [0.15, 0.2) is 5.78 Å². The van der Waals surface area contributed by atoms with E-state index in [1.165, 1.54) is 5.56 Å². The summed E-state index contributed by atoms with van der Waals surface area (Å²) in [5, 5.41) is 0.466. The van der Waals surface area contributed by atoms with E-state index in [0.29, 0.717) is 28.2 Å². The Kier molecular flexibility index (Phi) is 5.73. The molecule has 1 rings (SSSR count). The monoisotopic (exact) mass is 266 g/mol. The van der Waals surface area contributed by atoms with Crippen molar-refractivity contribution >= 4 is 17.5 Å². The molecule has 0 radical (unpaired) electrons. The minimum absolute atomic E-state index is 0.146. The third kappa shape index (κ3) is 4.05. The highest BCUT2D eigenvalue weighted by molar-refractivity contribution is 8.00. The number of hydrogen-bond donors (Lipinski definition) is 0. The van der Waals surface area contributed by atoms with Crippen molar-refractivity contribution in [3.63, 3.8) is 0 Å². The normalized spacial score (nSPS) is 11.1. The predicted molar refractivity (Wildman–Crippen MR) is 79.0 cm³/mol. The van der Waals surface area contributed by atoms with E-state index in [4.69, 9.17) is 4.74 Å². The fourth-order valence-corrected chi connectivity index (χ4v) is 2.26. The molecule has 2 nitrogen and oxygen atoms in total. The van der Waals surface area contributed by atoms with Gasteiger partial charge in [0, 0.05) is 0 Å². The Balaban J connectivity index is 2.96. The fourth-order valence-electron chi connectivity index (χ4n) is 1.62. The van der Waals surface area contributed by atoms with Gasteiger partial charge in [0.05, 0.1) is 18.4 Å². The van der Waals surface area contributed by atoms with E-state index >= 15 is 0 Å². The summed E-state index contributed by atoms with van der Waals surface area (Å²) in [6, 6.07) is 5.88. The van der Waals surface area contributed by atoms with Crippen LogP contribution in [0.5, 0.6) is 5.75 Å². The quantitative estimate of drug-likeness (QED) is 0.724. The van der Waals surface area contributed by atoms with Crippen LogP contribution in [0.4, 0.5) is 0 Å². The minimum Gasteiger partial charge on any atom is -0.496 e. The number of rotatable bonds is 6. The topological polar surface area (TPSA) is 26.3 Å². The summed E-state index contributed by atoms with van der Waals surface area (Å²) in [6.07, 6.45) is 0. The highest BCUT2D eigenvalue weighted by Gasteiger charge is 2.14. The van der Waals surface area contributed by atoms with Crippen LogP contribution in [0.25, 0.3) is 0 Å². The zero-order chi connectivity index (χ0) is 13.7. The lowest BCUT2D eigenvalue weighted by molar-refractivity contribution is 0.101. The largest absolute Gasteiger partial charge is 0.496 e. The molecule has 0 spiro atoms. The van der Waals surface area contributed by atoms with Crippen molar-refractivity contribution in [1.82, 2.24) is 0 Å². The molecule has 18 heavy (non-hydrogen) atoms. The lowest BCUT2D eigenvalue weighted by Crippen LogP contribution is -2.08. The number of ether oxygens (including phenoxy) is 1. The summed E-state index contributed by atoms with van der Waals surface area (Å²) in [4.78, 5) is 12.2. The van der Waals surface area contributed by atoms with Gasteiger partial charge < -0.3 is 4.74 Å². The van der Waals surface area contributed by atoms with Gasteiger partial charge in [-0.25, -0.2) is 0 Å². The number of methoxy groups -OCH3 is 1. The first kappa shape index (κ1) is 15.1. The smallest absolute Gasteiger partial charge is 0.176 e. The molecule has 0 unspecified atom stereocenters. The maximum absolute atomic E-state index is 12.2. The number of ketones is 1. The van der Waals surface area contributed by atoms with E-state index in [1.807, 2.05) is 18.2 Å². The van der Waals surface area contributed by atoms with Crippen molar-refractivity contribution in [2.75, 3.05) is 12.9 Å². The van der Waals surface area contributed by atoms with Crippen LogP contribution in [-0.2, 0) is 0 Å². The molecule has 0 N–H and O–H groups in total. The van der Waals surface area contributed by atoms with Crippen LogP contribution in [0.15, 0.2) is 18.2 Å². The van der Waals surface area contributed by atoms with Crippen molar-refractivity contribution in [2.45, 2.75) is 38.9 Å². The molecule has 1 aromatic rings. The van der Waals surface area contributed by atoms with Gasteiger partial charge >= 0.3 is 0 Å². The molecule has 0 bridgehead atoms. The number of Topliss-reactive ketones (excluding diaryl/α,β-unsaturated/α-hetero) is 1. The van der Waals surface area contributed by atoms with Crippen molar-refractivity contribution in [1.29, 1.82) is 0 Å². The van der Waals surface area contributed by atoms with Crippen LogP contribution in [0, 0.1) is 0 Å². The maximum Gasteiger partial charge on any atom is 0.176 e. The molecular weight excluding hydrogens is 244 g/mol. The molecule has 0 aromatic heterocycles. The van der Waals surface area contributed by atoms with Gasteiger partial charge in [0.25, 0.3) is 0 Å². The van der Waals surface area contributed by atoms with E-state index in [-0.39, 0.29) is 5.78 Å². The van der Waals surface area contributed by atoms with Crippen molar-refractivity contribution in [3.05, 3.63) is 29.3 Å². The first-order valence-corrected chi connectivity index (χ1v) is 7.33. The Labute approximate surface area is 114 Å². The van der Waals surface area contributed by atoms with E-state index < -0.39 is 0 Å². The SMILES string of the molecule is COc1ccc(C(C)C)cc1C(=O)CSC(C)C. The Hall–Kier alpha value is -0.960. The number of hydrogen-bond acceptors (Lipinski definition) is 3. The first-order valence-electron chi connectivity index (χ1n) is 6.28. The van der Waals surface area contributed by atoms with E-state index in [9.17, 15) is 4.79 Å². The fraction of sp³-hybridized carbons (Fsp3) is 0.533. The zero-order valence-corrected chi connectivity index (χ0v) is 12.6. The van der Waals surface area contributed by atoms with Gasteiger partial charge in [-0.15, -0.1) is 0 Å². The summed E-state index contributed by atoms with van der Waals surface area (Å²) in [5.74, 6) is 1.75. The summed E-state index contributed by atoms with van der Waals surface area (Å²) >= 11 is 1.66. The standard InChI is InChI=1S/C15H22O2S/c1-10(2)12-6-7-15(17-5)13(8-12)14(16)9-18-11(3)4/h6-8,10-11H,9H2,1-5H3. The summed E-state index contributed by atoms with van der Waals surface area (Å²) in [7, 11) is 1.61. The van der Waals surface area contributed by atoms with Crippen LogP contribution in [0.2, 0.25) is 0 Å². The Morgan fingerprint density at radius 3 is 2.44 bits per heavy atom. The average Bonchev–Trinajstić information content (AvgIpc) is 2.34. The highest BCUT2D eigenvalue weighted by atomic mass is 32.2. The molecule has 0 atom stereocenters. The van der Waals surface area contributed by atoms with Crippen molar-refractivity contribution in [2.24, 2.45) is 0 Å². The summed E-state index contributed by atoms with van der Waals surface area (Å²) < 4.78 is 5.28. The molecule has 0 aliphatic heterocycles. The average molecular weight is 266 g/mol. The van der Waals surface area contributed by atoms with Crippen LogP contribution in [-0.4, -0.2) is 23.9 Å². The zero-order valence-electron chi connectivity index (χ0n) is 11.8. The lowest BCUT2D eigenvalue weighted by Gasteiger charge is -2.12. The summed E-state index contributed by atoms with van der Waals surface area (Å²) in [6.45, 7) is 8.44. The molecule has 1 aromatic carbocycles. The second-order valence-corrected chi connectivity index (χ2v) is 6.46. The molecule has 0 aliphatic carbocycles. The molecule has 0 amide bonds. The maximum atomic E-state index is 12.2. The predicted octanol–water partition coefficient (Wildman–Crippen LogP) is 4.14. The van der Waals surface area contributed by atoms with Gasteiger partial charge in [0.1, 0.15) is 5.75 Å². The van der Waals surface area contributed by atoms with Crippen LogP contribution < -0.4 is 4.74 Å².